The van der Waals surface area contributed by atoms with E-state index in [1.165, 1.54) is 6.92 Å². The van der Waals surface area contributed by atoms with Crippen LogP contribution >= 0.6 is 11.8 Å². The highest BCUT2D eigenvalue weighted by atomic mass is 32.2. The van der Waals surface area contributed by atoms with Gasteiger partial charge in [-0.25, -0.2) is 0 Å². The maximum atomic E-state index is 11.5. The molecule has 0 bridgehead atoms. The topological polar surface area (TPSA) is 78.4 Å². The molecule has 2 atom stereocenters. The van der Waals surface area contributed by atoms with Crippen molar-refractivity contribution >= 4 is 23.6 Å². The summed E-state index contributed by atoms with van der Waals surface area (Å²) in [6.07, 6.45) is 0. The smallest absolute Gasteiger partial charge is 0.325 e. The first kappa shape index (κ1) is 11.3. The molecule has 0 aromatic heterocycles. The molecule has 0 aromatic rings. The van der Waals surface area contributed by atoms with Crippen molar-refractivity contribution in [1.82, 2.24) is 10.6 Å². The van der Waals surface area contributed by atoms with Crippen LogP contribution in [0.4, 0.5) is 0 Å². The maximum Gasteiger partial charge on any atom is 0.325 e. The largest absolute Gasteiger partial charge is 0.480 e. The van der Waals surface area contributed by atoms with E-state index in [-0.39, 0.29) is 11.2 Å². The fraction of sp³-hybridized carbons (Fsp3) is 0.750. The molecule has 6 heteroatoms. The second kappa shape index (κ2) is 5.21. The minimum Gasteiger partial charge on any atom is -0.480 e. The number of nitrogens with one attached hydrogen (secondary N) is 2. The highest BCUT2D eigenvalue weighted by molar-refractivity contribution is 8.00. The van der Waals surface area contributed by atoms with Crippen molar-refractivity contribution in [2.45, 2.75) is 18.2 Å². The number of rotatable bonds is 3. The van der Waals surface area contributed by atoms with E-state index < -0.39 is 12.0 Å². The summed E-state index contributed by atoms with van der Waals surface area (Å²) >= 11 is 1.56. The van der Waals surface area contributed by atoms with Crippen molar-refractivity contribution in [3.63, 3.8) is 0 Å². The molecule has 0 spiro atoms. The lowest BCUT2D eigenvalue weighted by Crippen LogP contribution is -2.47. The molecular weight excluding hydrogens is 204 g/mol. The summed E-state index contributed by atoms with van der Waals surface area (Å²) in [5.74, 6) is -0.316. The standard InChI is InChI=1S/C8H14N2O3S/c1-5(8(12)13)10-7(11)6-4-9-2-3-14-6/h5-6,9H,2-4H2,1H3,(H,10,11)(H,12,13)/t5-,6?/m1/s1. The molecule has 1 fully saturated rings. The summed E-state index contributed by atoms with van der Waals surface area (Å²) in [7, 11) is 0. The van der Waals surface area contributed by atoms with Crippen LogP contribution in [0.2, 0.25) is 0 Å². The Hall–Kier alpha value is -0.750. The number of carboxylic acid groups (broad SMARTS) is 1. The number of carbonyl (C=O) groups excluding carboxylic acids is 1. The van der Waals surface area contributed by atoms with Crippen LogP contribution in [-0.4, -0.2) is 47.1 Å². The van der Waals surface area contributed by atoms with Crippen LogP contribution < -0.4 is 10.6 Å². The summed E-state index contributed by atoms with van der Waals surface area (Å²) in [4.78, 5) is 22.0. The Morgan fingerprint density at radius 3 is 2.86 bits per heavy atom. The van der Waals surface area contributed by atoms with Gasteiger partial charge < -0.3 is 15.7 Å². The second-order valence-corrected chi connectivity index (χ2v) is 4.44. The van der Waals surface area contributed by atoms with E-state index in [0.29, 0.717) is 6.54 Å². The van der Waals surface area contributed by atoms with Crippen LogP contribution in [0.3, 0.4) is 0 Å². The minimum atomic E-state index is -1.01. The van der Waals surface area contributed by atoms with Crippen molar-refractivity contribution in [2.75, 3.05) is 18.8 Å². The summed E-state index contributed by atoms with van der Waals surface area (Å²) in [6.45, 7) is 2.98. The number of thioether (sulfide) groups is 1. The average molecular weight is 218 g/mol. The summed E-state index contributed by atoms with van der Waals surface area (Å²) in [6, 6.07) is -0.815. The van der Waals surface area contributed by atoms with Crippen LogP contribution in [0.15, 0.2) is 0 Å². The van der Waals surface area contributed by atoms with Crippen LogP contribution in [-0.2, 0) is 9.59 Å². The van der Waals surface area contributed by atoms with Crippen LogP contribution in [0, 0.1) is 0 Å². The maximum absolute atomic E-state index is 11.5. The number of hydrogen-bond donors (Lipinski definition) is 3. The van der Waals surface area contributed by atoms with Gasteiger partial charge in [-0.15, -0.1) is 11.8 Å². The van der Waals surface area contributed by atoms with Crippen molar-refractivity contribution in [1.29, 1.82) is 0 Å². The SMILES string of the molecule is C[C@@H](NC(=O)C1CNCCS1)C(=O)O. The molecule has 1 saturated heterocycles. The van der Waals surface area contributed by atoms with Crippen LogP contribution in [0.5, 0.6) is 0 Å². The third kappa shape index (κ3) is 3.19. The molecule has 3 N–H and O–H groups in total. The second-order valence-electron chi connectivity index (χ2n) is 3.13. The first-order chi connectivity index (χ1) is 6.61. The molecule has 1 amide bonds. The Balaban J connectivity index is 2.36. The monoisotopic (exact) mass is 218 g/mol. The number of carboxylic acids is 1. The Kier molecular flexibility index (Phi) is 4.21. The molecule has 0 saturated carbocycles. The van der Waals surface area contributed by atoms with Gasteiger partial charge in [0.15, 0.2) is 0 Å². The van der Waals surface area contributed by atoms with Gasteiger partial charge in [0.25, 0.3) is 0 Å². The van der Waals surface area contributed by atoms with Gasteiger partial charge in [-0.3, -0.25) is 9.59 Å². The van der Waals surface area contributed by atoms with E-state index in [9.17, 15) is 9.59 Å². The highest BCUT2D eigenvalue weighted by Gasteiger charge is 2.24. The van der Waals surface area contributed by atoms with E-state index in [1.807, 2.05) is 0 Å². The van der Waals surface area contributed by atoms with Crippen molar-refractivity contribution in [3.05, 3.63) is 0 Å². The number of hydrogen-bond acceptors (Lipinski definition) is 4. The van der Waals surface area contributed by atoms with Crippen LogP contribution in [0.1, 0.15) is 6.92 Å². The Labute approximate surface area is 86.6 Å². The van der Waals surface area contributed by atoms with Gasteiger partial charge in [0.05, 0.1) is 5.25 Å². The molecule has 5 nitrogen and oxygen atoms in total. The predicted octanol–water partition coefficient (Wildman–Crippen LogP) is -0.719. The molecule has 1 aliphatic heterocycles. The molecule has 1 rings (SSSR count). The Bertz CT molecular complexity index is 229. The van der Waals surface area contributed by atoms with Crippen LogP contribution in [0.25, 0.3) is 0 Å². The number of amides is 1. The fourth-order valence-electron chi connectivity index (χ4n) is 1.10. The first-order valence-corrected chi connectivity index (χ1v) is 5.51. The van der Waals surface area contributed by atoms with E-state index >= 15 is 0 Å². The minimum absolute atomic E-state index is 0.162. The molecule has 80 valence electrons. The molecule has 14 heavy (non-hydrogen) atoms. The van der Waals surface area contributed by atoms with Crippen molar-refractivity contribution in [2.24, 2.45) is 0 Å². The van der Waals surface area contributed by atoms with E-state index in [1.54, 1.807) is 11.8 Å². The quantitative estimate of drug-likeness (QED) is 0.583. The Morgan fingerprint density at radius 1 is 1.64 bits per heavy atom. The number of carbonyl (C=O) groups is 2. The normalized spacial score (nSPS) is 23.9. The molecule has 0 aromatic carbocycles. The van der Waals surface area contributed by atoms with Crippen molar-refractivity contribution < 1.29 is 14.7 Å². The third-order valence-corrected chi connectivity index (χ3v) is 3.17. The van der Waals surface area contributed by atoms with Gasteiger partial charge >= 0.3 is 5.97 Å². The zero-order chi connectivity index (χ0) is 10.6. The summed E-state index contributed by atoms with van der Waals surface area (Å²) in [5, 5.41) is 14.0. The van der Waals surface area contributed by atoms with Gasteiger partial charge in [-0.2, -0.15) is 0 Å². The van der Waals surface area contributed by atoms with E-state index in [4.69, 9.17) is 5.11 Å². The molecule has 0 radical (unpaired) electrons. The molecule has 1 heterocycles. The predicted molar refractivity (Wildman–Crippen MR) is 54.4 cm³/mol. The van der Waals surface area contributed by atoms with E-state index in [0.717, 1.165) is 12.3 Å². The highest BCUT2D eigenvalue weighted by Crippen LogP contribution is 2.13. The Morgan fingerprint density at radius 2 is 2.36 bits per heavy atom. The lowest BCUT2D eigenvalue weighted by molar-refractivity contribution is -0.141. The van der Waals surface area contributed by atoms with Crippen molar-refractivity contribution in [3.8, 4) is 0 Å². The molecule has 0 aliphatic carbocycles. The zero-order valence-electron chi connectivity index (χ0n) is 7.95. The van der Waals surface area contributed by atoms with Gasteiger partial charge in [-0.05, 0) is 6.92 Å². The molecule has 1 aliphatic rings. The molecular formula is C8H14N2O3S. The van der Waals surface area contributed by atoms with Gasteiger partial charge in [0.1, 0.15) is 6.04 Å². The first-order valence-electron chi connectivity index (χ1n) is 4.46. The summed E-state index contributed by atoms with van der Waals surface area (Å²) < 4.78 is 0. The van der Waals surface area contributed by atoms with Gasteiger partial charge in [0.2, 0.25) is 5.91 Å². The summed E-state index contributed by atoms with van der Waals surface area (Å²) in [5.41, 5.74) is 0. The lowest BCUT2D eigenvalue weighted by Gasteiger charge is -2.22. The van der Waals surface area contributed by atoms with E-state index in [2.05, 4.69) is 10.6 Å². The molecule has 1 unspecified atom stereocenters. The fourth-order valence-corrected chi connectivity index (χ4v) is 2.10. The zero-order valence-corrected chi connectivity index (χ0v) is 8.76. The third-order valence-electron chi connectivity index (χ3n) is 1.95. The van der Waals surface area contributed by atoms with Gasteiger partial charge in [0, 0.05) is 18.8 Å². The van der Waals surface area contributed by atoms with Gasteiger partial charge in [-0.1, -0.05) is 0 Å². The average Bonchev–Trinajstić information content (AvgIpc) is 2.19. The number of aliphatic carboxylic acids is 1. The lowest BCUT2D eigenvalue weighted by atomic mass is 10.3.